The van der Waals surface area contributed by atoms with Gasteiger partial charge in [0.15, 0.2) is 0 Å². The van der Waals surface area contributed by atoms with Gasteiger partial charge in [0, 0.05) is 10.6 Å². The molecule has 0 radical (unpaired) electrons. The molecule has 4 rings (SSSR count). The van der Waals surface area contributed by atoms with E-state index < -0.39 is 24.4 Å². The van der Waals surface area contributed by atoms with E-state index in [0.29, 0.717) is 34.4 Å². The third-order valence-electron chi connectivity index (χ3n) is 5.25. The minimum Gasteiger partial charge on any atom is -0.495 e. The fraction of sp³-hybridized carbons (Fsp3) is 0.115. The van der Waals surface area contributed by atoms with Crippen LogP contribution < -0.4 is 20.1 Å². The van der Waals surface area contributed by atoms with E-state index in [1.807, 2.05) is 24.3 Å². The van der Waals surface area contributed by atoms with Gasteiger partial charge in [-0.1, -0.05) is 48.0 Å². The number of anilines is 1. The Bertz CT molecular complexity index is 1360. The van der Waals surface area contributed by atoms with E-state index in [1.165, 1.54) is 7.11 Å². The lowest BCUT2D eigenvalue weighted by Gasteiger charge is -2.13. The van der Waals surface area contributed by atoms with Crippen LogP contribution in [-0.4, -0.2) is 36.4 Å². The molecular weight excluding hydrogens is 597 g/mol. The van der Waals surface area contributed by atoms with E-state index in [2.05, 4.69) is 33.2 Å². The summed E-state index contributed by atoms with van der Waals surface area (Å²) in [5.41, 5.74) is 2.08. The second-order valence-corrected chi connectivity index (χ2v) is 9.27. The summed E-state index contributed by atoms with van der Waals surface area (Å²) in [7, 11) is 1.48. The zero-order valence-electron chi connectivity index (χ0n) is 19.1. The Labute approximate surface area is 226 Å². The molecule has 0 bridgehead atoms. The van der Waals surface area contributed by atoms with Crippen molar-refractivity contribution in [3.05, 3.63) is 92.1 Å². The van der Waals surface area contributed by atoms with Crippen LogP contribution in [0.2, 0.25) is 5.02 Å². The molecule has 4 amide bonds. The number of carbonyl (C=O) groups excluding carboxylic acids is 3. The zero-order valence-corrected chi connectivity index (χ0v) is 22.0. The smallest absolute Gasteiger partial charge is 0.329 e. The maximum atomic E-state index is 12.8. The van der Waals surface area contributed by atoms with Gasteiger partial charge in [0.25, 0.3) is 5.91 Å². The van der Waals surface area contributed by atoms with Crippen LogP contribution in [0.3, 0.4) is 0 Å². The molecule has 8 nitrogen and oxygen atoms in total. The van der Waals surface area contributed by atoms with Crippen LogP contribution in [0.5, 0.6) is 11.5 Å². The van der Waals surface area contributed by atoms with E-state index >= 15 is 0 Å². The molecule has 0 saturated carbocycles. The number of imide groups is 1. The number of carbonyl (C=O) groups is 3. The first-order chi connectivity index (χ1) is 17.4. The number of benzene rings is 3. The number of methoxy groups -OCH3 is 1. The number of nitrogens with one attached hydrogen (secondary N) is 2. The fourth-order valence-electron chi connectivity index (χ4n) is 3.46. The predicted molar refractivity (Wildman–Crippen MR) is 145 cm³/mol. The Morgan fingerprint density at radius 2 is 1.83 bits per heavy atom. The Morgan fingerprint density at radius 1 is 1.08 bits per heavy atom. The number of halogens is 2. The molecule has 3 aromatic rings. The third-order valence-corrected chi connectivity index (χ3v) is 6.46. The molecule has 1 heterocycles. The summed E-state index contributed by atoms with van der Waals surface area (Å²) in [5.74, 6) is 0.00896. The molecule has 0 aliphatic carbocycles. The summed E-state index contributed by atoms with van der Waals surface area (Å²) in [4.78, 5) is 38.5. The Morgan fingerprint density at radius 3 is 2.58 bits per heavy atom. The van der Waals surface area contributed by atoms with Crippen LogP contribution in [-0.2, 0) is 16.2 Å². The van der Waals surface area contributed by atoms with Gasteiger partial charge in [0.2, 0.25) is 5.91 Å². The van der Waals surface area contributed by atoms with E-state index in [1.54, 1.807) is 48.5 Å². The number of para-hydroxylation sites is 2. The van der Waals surface area contributed by atoms with Gasteiger partial charge in [-0.15, -0.1) is 0 Å². The first-order valence-corrected chi connectivity index (χ1v) is 12.2. The van der Waals surface area contributed by atoms with Crippen molar-refractivity contribution in [1.29, 1.82) is 0 Å². The van der Waals surface area contributed by atoms with Crippen molar-refractivity contribution in [1.82, 2.24) is 10.2 Å². The van der Waals surface area contributed by atoms with Crippen molar-refractivity contribution in [2.24, 2.45) is 0 Å². The maximum Gasteiger partial charge on any atom is 0.329 e. The van der Waals surface area contributed by atoms with Gasteiger partial charge in [-0.25, -0.2) is 9.69 Å². The number of amides is 4. The Kier molecular flexibility index (Phi) is 8.11. The van der Waals surface area contributed by atoms with Crippen LogP contribution in [0.4, 0.5) is 10.5 Å². The normalized spacial score (nSPS) is 14.1. The quantitative estimate of drug-likeness (QED) is 0.209. The SMILES string of the molecule is COc1ccccc1NC(=O)CN1C(=O)N/C(=C/c2ccc(OCc3ccccc3Cl)c(I)c2)C1=O. The average Bonchev–Trinajstić information content (AvgIpc) is 3.12. The van der Waals surface area contributed by atoms with Crippen LogP contribution in [0.1, 0.15) is 11.1 Å². The number of nitrogens with zero attached hydrogens (tertiary/aromatic N) is 1. The highest BCUT2D eigenvalue weighted by Gasteiger charge is 2.35. The number of urea groups is 1. The molecule has 10 heteroatoms. The number of ether oxygens (including phenoxy) is 2. The minimum atomic E-state index is -0.671. The molecule has 0 unspecified atom stereocenters. The topological polar surface area (TPSA) is 97.0 Å². The molecule has 0 spiro atoms. The maximum absolute atomic E-state index is 12.8. The number of rotatable bonds is 8. The molecule has 1 fully saturated rings. The summed E-state index contributed by atoms with van der Waals surface area (Å²) in [6.45, 7) is -0.122. The lowest BCUT2D eigenvalue weighted by atomic mass is 10.2. The van der Waals surface area contributed by atoms with Crippen LogP contribution >= 0.6 is 34.2 Å². The molecule has 1 aliphatic rings. The van der Waals surface area contributed by atoms with Crippen LogP contribution in [0.25, 0.3) is 6.08 Å². The van der Waals surface area contributed by atoms with E-state index in [-0.39, 0.29) is 5.70 Å². The van der Waals surface area contributed by atoms with Gasteiger partial charge in [-0.3, -0.25) is 9.59 Å². The van der Waals surface area contributed by atoms with Gasteiger partial charge < -0.3 is 20.1 Å². The van der Waals surface area contributed by atoms with Crippen molar-refractivity contribution < 1.29 is 23.9 Å². The highest BCUT2D eigenvalue weighted by atomic mass is 127. The lowest BCUT2D eigenvalue weighted by molar-refractivity contribution is -0.127. The van der Waals surface area contributed by atoms with Crippen molar-refractivity contribution in [2.45, 2.75) is 6.61 Å². The highest BCUT2D eigenvalue weighted by molar-refractivity contribution is 14.1. The summed E-state index contributed by atoms with van der Waals surface area (Å²) in [5, 5.41) is 5.81. The molecule has 3 aromatic carbocycles. The van der Waals surface area contributed by atoms with Crippen molar-refractivity contribution >= 4 is 63.8 Å². The molecule has 2 N–H and O–H groups in total. The van der Waals surface area contributed by atoms with E-state index in [0.717, 1.165) is 14.0 Å². The zero-order chi connectivity index (χ0) is 25.7. The first-order valence-electron chi connectivity index (χ1n) is 10.8. The molecule has 184 valence electrons. The monoisotopic (exact) mass is 617 g/mol. The lowest BCUT2D eigenvalue weighted by Crippen LogP contribution is -2.38. The third kappa shape index (κ3) is 5.97. The molecule has 0 aromatic heterocycles. The van der Waals surface area contributed by atoms with Gasteiger partial charge in [0.1, 0.15) is 30.3 Å². The van der Waals surface area contributed by atoms with Gasteiger partial charge in [0.05, 0.1) is 16.4 Å². The van der Waals surface area contributed by atoms with E-state index in [9.17, 15) is 14.4 Å². The summed E-state index contributed by atoms with van der Waals surface area (Å²) >= 11 is 8.32. The Hall–Kier alpha value is -3.57. The first kappa shape index (κ1) is 25.5. The Balaban J connectivity index is 1.41. The number of hydrogen-bond donors (Lipinski definition) is 2. The van der Waals surface area contributed by atoms with Crippen molar-refractivity contribution in [3.8, 4) is 11.5 Å². The molecule has 1 saturated heterocycles. The van der Waals surface area contributed by atoms with Gasteiger partial charge in [-0.05, 0) is 64.6 Å². The summed E-state index contributed by atoms with van der Waals surface area (Å²) in [6.07, 6.45) is 1.55. The standard InChI is InChI=1S/C26H21ClIN3O5/c1-35-23-9-5-4-8-20(23)29-24(32)14-31-25(33)21(30-26(31)34)13-16-10-11-22(19(28)12-16)36-15-17-6-2-3-7-18(17)27/h2-13H,14-15H2,1H3,(H,29,32)(H,30,34)/b21-13+. The second-order valence-electron chi connectivity index (χ2n) is 7.70. The summed E-state index contributed by atoms with van der Waals surface area (Å²) in [6, 6.07) is 19.0. The molecular formula is C26H21ClIN3O5. The van der Waals surface area contributed by atoms with Crippen molar-refractivity contribution in [3.63, 3.8) is 0 Å². The largest absolute Gasteiger partial charge is 0.495 e. The fourth-order valence-corrected chi connectivity index (χ4v) is 4.34. The van der Waals surface area contributed by atoms with Crippen LogP contribution in [0.15, 0.2) is 72.4 Å². The summed E-state index contributed by atoms with van der Waals surface area (Å²) < 4.78 is 11.9. The number of hydrogen-bond acceptors (Lipinski definition) is 5. The van der Waals surface area contributed by atoms with Crippen molar-refractivity contribution in [2.75, 3.05) is 19.0 Å². The molecule has 1 aliphatic heterocycles. The average molecular weight is 618 g/mol. The molecule has 36 heavy (non-hydrogen) atoms. The van der Waals surface area contributed by atoms with Crippen LogP contribution in [0, 0.1) is 3.57 Å². The molecule has 0 atom stereocenters. The van der Waals surface area contributed by atoms with Gasteiger partial charge in [-0.2, -0.15) is 0 Å². The second kappa shape index (κ2) is 11.4. The predicted octanol–water partition coefficient (Wildman–Crippen LogP) is 5.06. The van der Waals surface area contributed by atoms with Gasteiger partial charge >= 0.3 is 6.03 Å². The van der Waals surface area contributed by atoms with E-state index in [4.69, 9.17) is 21.1 Å². The minimum absolute atomic E-state index is 0.0747. The highest BCUT2D eigenvalue weighted by Crippen LogP contribution is 2.26.